The van der Waals surface area contributed by atoms with Crippen LogP contribution in [0.4, 0.5) is 12.6 Å². The minimum absolute atomic E-state index is 0.193. The lowest BCUT2D eigenvalue weighted by Gasteiger charge is -1.80. The first kappa shape index (κ1) is 10.3. The van der Waals surface area contributed by atoms with E-state index in [1.165, 1.54) is 0 Å². The average Bonchev–Trinajstić information content (AvgIpc) is 1.82. The summed E-state index contributed by atoms with van der Waals surface area (Å²) >= 11 is 0. The van der Waals surface area contributed by atoms with E-state index in [1.807, 2.05) is 6.92 Å². The lowest BCUT2D eigenvalue weighted by atomic mass is 10.4. The summed E-state index contributed by atoms with van der Waals surface area (Å²) in [6, 6.07) is 0. The maximum absolute atomic E-state index is 12.3. The Morgan fingerprint density at radius 3 is 2.50 bits per heavy atom. The molecule has 0 amide bonds. The molecule has 0 heterocycles. The van der Waals surface area contributed by atoms with Crippen molar-refractivity contribution in [3.8, 4) is 0 Å². The molecule has 0 aromatic heterocycles. The molecule has 1 nitrogen and oxygen atoms in total. The Labute approximate surface area is 60.7 Å². The fourth-order valence-corrected chi connectivity index (χ4v) is 1.93. The number of unbranched alkanes of at least 4 members (excludes halogenated alkanes) is 1. The molecule has 0 fully saturated rings. The number of hydrogen-bond acceptors (Lipinski definition) is 1. The summed E-state index contributed by atoms with van der Waals surface area (Å²) in [5.74, 6) is 0. The normalized spacial score (nSPS) is 12.7. The second kappa shape index (κ2) is 6.06. The molecule has 0 aliphatic rings. The Hall–Kier alpha value is 0.320. The summed E-state index contributed by atoms with van der Waals surface area (Å²) in [6.45, 7) is 1.89. The van der Waals surface area contributed by atoms with Crippen LogP contribution in [0, 0.1) is 0 Å². The molecule has 0 saturated carbocycles. The van der Waals surface area contributed by atoms with Crippen LogP contribution in [0.5, 0.6) is 0 Å². The van der Waals surface area contributed by atoms with Gasteiger partial charge in [0.2, 0.25) is 0 Å². The monoisotopic (exact) mass is 190 g/mol. The van der Waals surface area contributed by atoms with Gasteiger partial charge in [0.15, 0.2) is 6.16 Å². The topological polar surface area (TPSA) is 12.4 Å². The van der Waals surface area contributed by atoms with Crippen molar-refractivity contribution in [3.63, 3.8) is 0 Å². The van der Waals surface area contributed by atoms with E-state index >= 15 is 0 Å². The number of hydrogen-bond donors (Lipinski definition) is 0. The summed E-state index contributed by atoms with van der Waals surface area (Å²) in [5.41, 5.74) is 0. The molecule has 0 aromatic rings. The predicted octanol–water partition coefficient (Wildman–Crippen LogP) is 4.50. The van der Waals surface area contributed by atoms with Gasteiger partial charge in [-0.25, -0.2) is 0 Å². The van der Waals surface area contributed by atoms with Crippen molar-refractivity contribution >= 4 is 16.7 Å². The van der Waals surface area contributed by atoms with E-state index in [2.05, 4.69) is 4.52 Å². The Bertz CT molecular complexity index is 117. The Balaban J connectivity index is 3.49. The van der Waals surface area contributed by atoms with Crippen molar-refractivity contribution in [1.82, 2.24) is 0 Å². The van der Waals surface area contributed by atoms with Gasteiger partial charge in [-0.05, 0) is 6.42 Å². The van der Waals surface area contributed by atoms with E-state index in [0.29, 0.717) is 6.42 Å². The van der Waals surface area contributed by atoms with E-state index in [9.17, 15) is 12.6 Å². The van der Waals surface area contributed by atoms with Gasteiger partial charge in [-0.2, -0.15) is 8.39 Å². The molecule has 0 saturated heterocycles. The third-order valence-corrected chi connectivity index (χ3v) is 2.86. The molecule has 0 spiro atoms. The molecule has 0 aliphatic heterocycles. The van der Waals surface area contributed by atoms with Crippen molar-refractivity contribution in [2.24, 2.45) is 4.52 Å². The highest BCUT2D eigenvalue weighted by atomic mass is 31.2. The van der Waals surface area contributed by atoms with Crippen LogP contribution in [0.25, 0.3) is 0 Å². The molecule has 0 bridgehead atoms. The highest BCUT2D eigenvalue weighted by Crippen LogP contribution is 2.48. The van der Waals surface area contributed by atoms with Gasteiger partial charge in [0.05, 0.1) is 0 Å². The van der Waals surface area contributed by atoms with E-state index in [0.717, 1.165) is 6.42 Å². The summed E-state index contributed by atoms with van der Waals surface area (Å²) in [4.78, 5) is 0. The summed E-state index contributed by atoms with van der Waals surface area (Å²) < 4.78 is 37.7. The first-order valence-corrected chi connectivity index (χ1v) is 5.38. The van der Waals surface area contributed by atoms with Crippen molar-refractivity contribution in [2.75, 3.05) is 6.16 Å². The maximum atomic E-state index is 12.3. The molecule has 0 rings (SSSR count). The van der Waals surface area contributed by atoms with Gasteiger partial charge in [0.1, 0.15) is 0 Å². The van der Waals surface area contributed by atoms with Gasteiger partial charge in [-0.1, -0.05) is 13.3 Å². The third-order valence-electron chi connectivity index (χ3n) is 0.861. The number of halogens is 3. The van der Waals surface area contributed by atoms with Crippen molar-refractivity contribution < 1.29 is 12.6 Å². The number of rotatable bonds is 4. The number of nitrogens with zero attached hydrogens (tertiary/aromatic N) is 1. The highest BCUT2D eigenvalue weighted by molar-refractivity contribution is 7.55. The lowest BCUT2D eigenvalue weighted by molar-refractivity contribution is 0.746. The molecule has 60 valence electrons. The van der Waals surface area contributed by atoms with Crippen LogP contribution in [0.3, 0.4) is 0 Å². The van der Waals surface area contributed by atoms with Gasteiger partial charge >= 0.3 is 16.7 Å². The smallest absolute Gasteiger partial charge is 0.157 e. The van der Waals surface area contributed by atoms with Gasteiger partial charge in [0, 0.05) is 8.71 Å². The highest BCUT2D eigenvalue weighted by Gasteiger charge is 2.16. The van der Waals surface area contributed by atoms with E-state index in [1.54, 1.807) is 0 Å². The van der Waals surface area contributed by atoms with Crippen LogP contribution in [0.1, 0.15) is 19.8 Å². The van der Waals surface area contributed by atoms with Crippen LogP contribution in [-0.4, -0.2) is 6.16 Å². The second-order valence-corrected chi connectivity index (χ2v) is 3.98. The van der Waals surface area contributed by atoms with Crippen LogP contribution in [-0.2, 0) is 0 Å². The minimum atomic E-state index is -3.38. The van der Waals surface area contributed by atoms with Gasteiger partial charge in [-0.15, -0.1) is 0 Å². The van der Waals surface area contributed by atoms with E-state index < -0.39 is 16.7 Å². The largest absolute Gasteiger partial charge is 0.436 e. The van der Waals surface area contributed by atoms with Gasteiger partial charge in [0.25, 0.3) is 0 Å². The van der Waals surface area contributed by atoms with Crippen LogP contribution < -0.4 is 0 Å². The molecule has 10 heavy (non-hydrogen) atoms. The zero-order valence-electron chi connectivity index (χ0n) is 5.60. The molecule has 0 N–H and O–H groups in total. The second-order valence-electron chi connectivity index (χ2n) is 1.72. The zero-order chi connectivity index (χ0) is 7.98. The zero-order valence-corrected chi connectivity index (χ0v) is 7.39. The molecule has 0 aromatic carbocycles. The van der Waals surface area contributed by atoms with Crippen LogP contribution in [0.2, 0.25) is 0 Å². The van der Waals surface area contributed by atoms with Crippen LogP contribution >= 0.6 is 16.7 Å². The van der Waals surface area contributed by atoms with E-state index in [4.69, 9.17) is 0 Å². The maximum Gasteiger partial charge on any atom is 0.436 e. The van der Waals surface area contributed by atoms with Crippen molar-refractivity contribution in [3.05, 3.63) is 0 Å². The predicted molar refractivity (Wildman–Crippen MR) is 39.4 cm³/mol. The molecule has 0 aliphatic carbocycles. The molecule has 6 heteroatoms. The van der Waals surface area contributed by atoms with Gasteiger partial charge in [-0.3, -0.25) is 0 Å². The van der Waals surface area contributed by atoms with Gasteiger partial charge < -0.3 is 0 Å². The molecule has 1 atom stereocenters. The SMILES string of the molecule is CCCC[P+](F)=NP(F)F. The molecular weight excluding hydrogens is 181 g/mol. The lowest BCUT2D eigenvalue weighted by Crippen LogP contribution is -1.71. The first-order chi connectivity index (χ1) is 4.66. The van der Waals surface area contributed by atoms with Crippen molar-refractivity contribution in [2.45, 2.75) is 19.8 Å². The quantitative estimate of drug-likeness (QED) is 0.578. The summed E-state index contributed by atoms with van der Waals surface area (Å²) in [6.07, 6.45) is 1.67. The molecule has 0 radical (unpaired) electrons. The Morgan fingerprint density at radius 1 is 1.50 bits per heavy atom. The van der Waals surface area contributed by atoms with Crippen molar-refractivity contribution in [1.29, 1.82) is 0 Å². The third kappa shape index (κ3) is 6.44. The molecule has 1 unspecified atom stereocenters. The standard InChI is InChI=1S/C4H9F3NP2/c1-2-3-4-9(5)8-10(6)7/h2-4H2,1H3/q+1. The Kier molecular flexibility index (Phi) is 6.25. The fourth-order valence-electron chi connectivity index (χ4n) is 0.407. The first-order valence-electron chi connectivity index (χ1n) is 2.93. The molecular formula is C4H9F3NP2+. The Morgan fingerprint density at radius 2 is 2.10 bits per heavy atom. The average molecular weight is 190 g/mol. The summed E-state index contributed by atoms with van der Waals surface area (Å²) in [5, 5.41) is 0. The van der Waals surface area contributed by atoms with Crippen LogP contribution in [0.15, 0.2) is 4.52 Å². The summed E-state index contributed by atoms with van der Waals surface area (Å²) in [7, 11) is -5.60. The minimum Gasteiger partial charge on any atom is -0.157 e. The fraction of sp³-hybridized carbons (Fsp3) is 1.00. The van der Waals surface area contributed by atoms with E-state index in [-0.39, 0.29) is 6.16 Å².